The van der Waals surface area contributed by atoms with Crippen LogP contribution in [0.1, 0.15) is 44.1 Å². The second-order valence-electron chi connectivity index (χ2n) is 10.2. The third-order valence-electron chi connectivity index (χ3n) is 8.01. The minimum Gasteiger partial charge on any atom is -0.366 e. The van der Waals surface area contributed by atoms with Gasteiger partial charge in [-0.25, -0.2) is 4.52 Å². The number of hydrogen-bond donors (Lipinski definition) is 0. The topological polar surface area (TPSA) is 44.1 Å². The molecule has 4 heterocycles. The van der Waals surface area contributed by atoms with Gasteiger partial charge in [-0.2, -0.15) is 5.10 Å². The molecule has 1 saturated carbocycles. The molecule has 1 amide bonds. The van der Waals surface area contributed by atoms with E-state index in [-0.39, 0.29) is 0 Å². The molecule has 0 radical (unpaired) electrons. The van der Waals surface area contributed by atoms with E-state index in [1.54, 1.807) is 0 Å². The summed E-state index contributed by atoms with van der Waals surface area (Å²) in [5, 5.41) is 4.59. The Balaban J connectivity index is 1.19. The van der Waals surface area contributed by atoms with Crippen molar-refractivity contribution in [2.24, 2.45) is 5.92 Å². The maximum Gasteiger partial charge on any atom is 0.225 e. The van der Waals surface area contributed by atoms with Crippen molar-refractivity contribution in [3.8, 4) is 11.1 Å². The van der Waals surface area contributed by atoms with Crippen LogP contribution in [0.15, 0.2) is 48.8 Å². The number of fused-ring (bicyclic) bond motifs is 1. The molecule has 0 N–H and O–H groups in total. The quantitative estimate of drug-likeness (QED) is 0.574. The van der Waals surface area contributed by atoms with E-state index in [1.807, 2.05) is 10.7 Å². The highest BCUT2D eigenvalue weighted by molar-refractivity contribution is 5.82. The SMILES string of the molecule is CCN1CCC[C@@H](c2ccc(-c3cc4c(N5CCN(C(=O)C6CC6)CC5)ccnn4c3)cc2)C1. The highest BCUT2D eigenvalue weighted by Gasteiger charge is 2.34. The number of hydrogen-bond acceptors (Lipinski definition) is 4. The molecule has 6 nitrogen and oxygen atoms in total. The molecule has 2 saturated heterocycles. The third kappa shape index (κ3) is 4.20. The Kier molecular flexibility index (Phi) is 5.77. The molecule has 6 rings (SSSR count). The smallest absolute Gasteiger partial charge is 0.225 e. The van der Waals surface area contributed by atoms with Crippen LogP contribution in [0.5, 0.6) is 0 Å². The Bertz CT molecular complexity index is 1160. The summed E-state index contributed by atoms with van der Waals surface area (Å²) in [7, 11) is 0. The molecule has 1 aliphatic carbocycles. The van der Waals surface area contributed by atoms with Gasteiger partial charge in [-0.05, 0) is 68.0 Å². The van der Waals surface area contributed by atoms with Crippen molar-refractivity contribution in [3.63, 3.8) is 0 Å². The van der Waals surface area contributed by atoms with Gasteiger partial charge in [-0.3, -0.25) is 4.79 Å². The number of likely N-dealkylation sites (N-methyl/N-ethyl adjacent to an activating group) is 1. The van der Waals surface area contributed by atoms with Gasteiger partial charge in [-0.15, -0.1) is 0 Å². The molecule has 2 aliphatic heterocycles. The Morgan fingerprint density at radius 3 is 2.50 bits per heavy atom. The first-order valence-corrected chi connectivity index (χ1v) is 13.0. The van der Waals surface area contributed by atoms with Gasteiger partial charge in [0.25, 0.3) is 0 Å². The maximum absolute atomic E-state index is 12.4. The van der Waals surface area contributed by atoms with E-state index in [1.165, 1.54) is 48.3 Å². The molecule has 2 aromatic heterocycles. The lowest BCUT2D eigenvalue weighted by Crippen LogP contribution is -2.49. The van der Waals surface area contributed by atoms with E-state index in [4.69, 9.17) is 0 Å². The van der Waals surface area contributed by atoms with Crippen molar-refractivity contribution in [3.05, 3.63) is 54.4 Å². The number of aromatic nitrogens is 2. The standard InChI is InChI=1S/C28H35N5O/c1-2-30-13-3-4-24(19-30)21-5-7-22(8-6-21)25-18-27-26(11-12-29-33(27)20-25)31-14-16-32(17-15-31)28(34)23-9-10-23/h5-8,11-12,18,20,23-24H,2-4,9-10,13-17,19H2,1H3/t24-/m1/s1. The molecule has 3 aromatic rings. The fourth-order valence-electron chi connectivity index (χ4n) is 5.74. The average molecular weight is 458 g/mol. The number of carbonyl (C=O) groups excluding carboxylic acids is 1. The summed E-state index contributed by atoms with van der Waals surface area (Å²) in [5.74, 6) is 1.32. The number of anilines is 1. The molecule has 1 atom stereocenters. The monoisotopic (exact) mass is 457 g/mol. The van der Waals surface area contributed by atoms with Gasteiger partial charge in [0, 0.05) is 56.6 Å². The fourth-order valence-corrected chi connectivity index (χ4v) is 5.74. The molecule has 3 aliphatic rings. The van der Waals surface area contributed by atoms with Crippen LogP contribution in [0.25, 0.3) is 16.6 Å². The molecule has 0 bridgehead atoms. The fraction of sp³-hybridized carbons (Fsp3) is 0.500. The summed E-state index contributed by atoms with van der Waals surface area (Å²) < 4.78 is 2.00. The number of carbonyl (C=O) groups is 1. The Morgan fingerprint density at radius 2 is 1.76 bits per heavy atom. The first kappa shape index (κ1) is 21.7. The molecule has 6 heteroatoms. The predicted molar refractivity (Wildman–Crippen MR) is 136 cm³/mol. The van der Waals surface area contributed by atoms with E-state index < -0.39 is 0 Å². The van der Waals surface area contributed by atoms with Crippen molar-refractivity contribution < 1.29 is 4.79 Å². The number of likely N-dealkylation sites (tertiary alicyclic amines) is 1. The van der Waals surface area contributed by atoms with Crippen LogP contribution in [-0.2, 0) is 4.79 Å². The lowest BCUT2D eigenvalue weighted by Gasteiger charge is -2.36. The molecule has 3 fully saturated rings. The zero-order chi connectivity index (χ0) is 23.1. The van der Waals surface area contributed by atoms with E-state index in [0.717, 1.165) is 51.1 Å². The van der Waals surface area contributed by atoms with Crippen molar-refractivity contribution >= 4 is 17.1 Å². The number of piperidine rings is 1. The molecule has 0 unspecified atom stereocenters. The van der Waals surface area contributed by atoms with Crippen LogP contribution >= 0.6 is 0 Å². The van der Waals surface area contributed by atoms with Crippen molar-refractivity contribution in [1.29, 1.82) is 0 Å². The molecule has 0 spiro atoms. The van der Waals surface area contributed by atoms with Gasteiger partial charge in [0.1, 0.15) is 0 Å². The van der Waals surface area contributed by atoms with Crippen LogP contribution in [0.3, 0.4) is 0 Å². The zero-order valence-corrected chi connectivity index (χ0v) is 20.2. The zero-order valence-electron chi connectivity index (χ0n) is 20.2. The summed E-state index contributed by atoms with van der Waals surface area (Å²) >= 11 is 0. The Labute approximate surface area is 202 Å². The molecule has 1 aromatic carbocycles. The normalized spacial score (nSPS) is 21.9. The number of nitrogens with zero attached hydrogens (tertiary/aromatic N) is 5. The number of benzene rings is 1. The van der Waals surface area contributed by atoms with Crippen LogP contribution in [0.2, 0.25) is 0 Å². The van der Waals surface area contributed by atoms with Crippen LogP contribution in [-0.4, -0.2) is 71.1 Å². The van der Waals surface area contributed by atoms with Gasteiger partial charge >= 0.3 is 0 Å². The van der Waals surface area contributed by atoms with E-state index in [0.29, 0.717) is 17.7 Å². The van der Waals surface area contributed by atoms with Gasteiger partial charge in [0.05, 0.1) is 11.2 Å². The lowest BCUT2D eigenvalue weighted by atomic mass is 9.90. The minimum absolute atomic E-state index is 0.308. The molecule has 34 heavy (non-hydrogen) atoms. The number of rotatable bonds is 5. The second-order valence-corrected chi connectivity index (χ2v) is 10.2. The highest BCUT2D eigenvalue weighted by atomic mass is 16.2. The number of amides is 1. The Morgan fingerprint density at radius 1 is 0.971 bits per heavy atom. The summed E-state index contributed by atoms with van der Waals surface area (Å²) in [5.41, 5.74) is 6.24. The van der Waals surface area contributed by atoms with Crippen molar-refractivity contribution in [2.75, 3.05) is 50.7 Å². The number of piperazine rings is 1. The summed E-state index contributed by atoms with van der Waals surface area (Å²) in [6.45, 7) is 9.21. The third-order valence-corrected chi connectivity index (χ3v) is 8.01. The summed E-state index contributed by atoms with van der Waals surface area (Å²) in [6.07, 6.45) is 8.77. The van der Waals surface area contributed by atoms with Crippen LogP contribution in [0.4, 0.5) is 5.69 Å². The summed E-state index contributed by atoms with van der Waals surface area (Å²) in [4.78, 5) is 19.5. The second kappa shape index (κ2) is 9.06. The highest BCUT2D eigenvalue weighted by Crippen LogP contribution is 2.33. The first-order valence-electron chi connectivity index (χ1n) is 13.0. The first-order chi connectivity index (χ1) is 16.7. The largest absolute Gasteiger partial charge is 0.366 e. The summed E-state index contributed by atoms with van der Waals surface area (Å²) in [6, 6.07) is 13.6. The average Bonchev–Trinajstić information content (AvgIpc) is 3.66. The van der Waals surface area contributed by atoms with Crippen LogP contribution < -0.4 is 4.90 Å². The van der Waals surface area contributed by atoms with E-state index in [9.17, 15) is 4.79 Å². The molecular formula is C28H35N5O. The predicted octanol–water partition coefficient (Wildman–Crippen LogP) is 4.26. The van der Waals surface area contributed by atoms with Gasteiger partial charge < -0.3 is 14.7 Å². The molecular weight excluding hydrogens is 422 g/mol. The van der Waals surface area contributed by atoms with E-state index >= 15 is 0 Å². The van der Waals surface area contributed by atoms with Gasteiger partial charge in [0.2, 0.25) is 5.91 Å². The van der Waals surface area contributed by atoms with Crippen molar-refractivity contribution in [1.82, 2.24) is 19.4 Å². The van der Waals surface area contributed by atoms with Gasteiger partial charge in [0.15, 0.2) is 0 Å². The lowest BCUT2D eigenvalue weighted by molar-refractivity contribution is -0.132. The molecule has 178 valence electrons. The van der Waals surface area contributed by atoms with Crippen LogP contribution in [0, 0.1) is 5.92 Å². The Hall–Kier alpha value is -2.86. The van der Waals surface area contributed by atoms with E-state index in [2.05, 4.69) is 69.3 Å². The van der Waals surface area contributed by atoms with Gasteiger partial charge in [-0.1, -0.05) is 31.2 Å². The minimum atomic E-state index is 0.308. The maximum atomic E-state index is 12.4. The van der Waals surface area contributed by atoms with Crippen molar-refractivity contribution in [2.45, 2.75) is 38.5 Å².